The molecule has 0 aliphatic heterocycles. The van der Waals surface area contributed by atoms with Gasteiger partial charge in [0.1, 0.15) is 5.75 Å². The van der Waals surface area contributed by atoms with Gasteiger partial charge in [-0.05, 0) is 54.7 Å². The van der Waals surface area contributed by atoms with E-state index in [1.54, 1.807) is 30.3 Å². The van der Waals surface area contributed by atoms with Crippen LogP contribution in [0.3, 0.4) is 0 Å². The van der Waals surface area contributed by atoms with Gasteiger partial charge in [0.05, 0.1) is 0 Å². The first-order chi connectivity index (χ1) is 10.9. The number of halogens is 3. The van der Waals surface area contributed by atoms with E-state index in [0.29, 0.717) is 21.5 Å². The summed E-state index contributed by atoms with van der Waals surface area (Å²) in [5, 5.41) is 6.40. The summed E-state index contributed by atoms with van der Waals surface area (Å²) in [7, 11) is 0. The van der Waals surface area contributed by atoms with Gasteiger partial charge in [0.15, 0.2) is 11.7 Å². The molecule has 0 heterocycles. The highest BCUT2D eigenvalue weighted by molar-refractivity contribution is 9.10. The van der Waals surface area contributed by atoms with Gasteiger partial charge < -0.3 is 10.1 Å². The quantitative estimate of drug-likeness (QED) is 0.689. The van der Waals surface area contributed by atoms with Crippen molar-refractivity contribution in [3.05, 3.63) is 57.0 Å². The molecule has 0 unspecified atom stereocenters. The maximum absolute atomic E-state index is 11.8. The summed E-state index contributed by atoms with van der Waals surface area (Å²) in [6, 6.07) is 12.0. The van der Waals surface area contributed by atoms with Crippen LogP contribution in [0, 0.1) is 0 Å². The van der Waals surface area contributed by atoms with Crippen molar-refractivity contribution in [1.82, 2.24) is 5.32 Å². The molecule has 8 heteroatoms. The summed E-state index contributed by atoms with van der Waals surface area (Å²) in [5.41, 5.74) is 0.585. The molecule has 2 aromatic carbocycles. The van der Waals surface area contributed by atoms with Crippen LogP contribution >= 0.6 is 51.3 Å². The predicted octanol–water partition coefficient (Wildman–Crippen LogP) is 4.65. The molecule has 0 atom stereocenters. The van der Waals surface area contributed by atoms with Gasteiger partial charge in [-0.25, -0.2) is 0 Å². The largest absolute Gasteiger partial charge is 0.484 e. The van der Waals surface area contributed by atoms with Crippen molar-refractivity contribution in [2.45, 2.75) is 0 Å². The Labute approximate surface area is 157 Å². The number of anilines is 1. The lowest BCUT2D eigenvalue weighted by atomic mass is 10.3. The van der Waals surface area contributed by atoms with Crippen molar-refractivity contribution in [3.63, 3.8) is 0 Å². The minimum Gasteiger partial charge on any atom is -0.484 e. The Hall–Kier alpha value is -1.34. The van der Waals surface area contributed by atoms with Crippen molar-refractivity contribution >= 4 is 68.1 Å². The number of amides is 1. The molecule has 0 aliphatic carbocycles. The number of benzene rings is 2. The molecule has 4 nitrogen and oxygen atoms in total. The second kappa shape index (κ2) is 8.49. The SMILES string of the molecule is O=C(COc1ccc(Br)cc1)NC(=S)Nc1cc(Cl)cc(Cl)c1. The Balaban J connectivity index is 1.82. The Morgan fingerprint density at radius 3 is 2.35 bits per heavy atom. The van der Waals surface area contributed by atoms with Crippen LogP contribution in [0.4, 0.5) is 5.69 Å². The molecule has 0 saturated heterocycles. The summed E-state index contributed by atoms with van der Waals surface area (Å²) < 4.78 is 6.28. The summed E-state index contributed by atoms with van der Waals surface area (Å²) in [6.07, 6.45) is 0. The van der Waals surface area contributed by atoms with Crippen LogP contribution in [0.25, 0.3) is 0 Å². The van der Waals surface area contributed by atoms with Gasteiger partial charge >= 0.3 is 0 Å². The van der Waals surface area contributed by atoms with Crippen LogP contribution in [0.1, 0.15) is 0 Å². The highest BCUT2D eigenvalue weighted by atomic mass is 79.9. The van der Waals surface area contributed by atoms with E-state index >= 15 is 0 Å². The maximum Gasteiger partial charge on any atom is 0.264 e. The third kappa shape index (κ3) is 6.35. The smallest absolute Gasteiger partial charge is 0.264 e. The second-order valence-electron chi connectivity index (χ2n) is 4.40. The molecule has 0 spiro atoms. The molecule has 2 aromatic rings. The van der Waals surface area contributed by atoms with Crippen molar-refractivity contribution < 1.29 is 9.53 Å². The minimum atomic E-state index is -0.376. The van der Waals surface area contributed by atoms with Gasteiger partial charge in [-0.15, -0.1) is 0 Å². The first-order valence-electron chi connectivity index (χ1n) is 6.37. The molecule has 0 saturated carbocycles. The van der Waals surface area contributed by atoms with Gasteiger partial charge in [-0.3, -0.25) is 10.1 Å². The summed E-state index contributed by atoms with van der Waals surface area (Å²) in [6.45, 7) is -0.153. The summed E-state index contributed by atoms with van der Waals surface area (Å²) in [4.78, 5) is 11.8. The lowest BCUT2D eigenvalue weighted by Crippen LogP contribution is -2.37. The van der Waals surface area contributed by atoms with Crippen LogP contribution in [0.15, 0.2) is 46.9 Å². The van der Waals surface area contributed by atoms with Crippen LogP contribution in [-0.2, 0) is 4.79 Å². The number of carbonyl (C=O) groups is 1. The average Bonchev–Trinajstić information content (AvgIpc) is 2.45. The fraction of sp³-hybridized carbons (Fsp3) is 0.0667. The fourth-order valence-electron chi connectivity index (χ4n) is 1.63. The van der Waals surface area contributed by atoms with Crippen LogP contribution in [-0.4, -0.2) is 17.6 Å². The Morgan fingerprint density at radius 2 is 1.74 bits per heavy atom. The van der Waals surface area contributed by atoms with Gasteiger partial charge in [0.2, 0.25) is 0 Å². The number of rotatable bonds is 4. The number of hydrogen-bond acceptors (Lipinski definition) is 3. The fourth-order valence-corrected chi connectivity index (χ4v) is 2.65. The van der Waals surface area contributed by atoms with E-state index < -0.39 is 0 Å². The molecule has 0 bridgehead atoms. The highest BCUT2D eigenvalue weighted by Gasteiger charge is 2.07. The highest BCUT2D eigenvalue weighted by Crippen LogP contribution is 2.22. The second-order valence-corrected chi connectivity index (χ2v) is 6.60. The van der Waals surface area contributed by atoms with Crippen molar-refractivity contribution in [2.75, 3.05) is 11.9 Å². The number of nitrogens with one attached hydrogen (secondary N) is 2. The zero-order chi connectivity index (χ0) is 16.8. The number of carbonyl (C=O) groups excluding carboxylic acids is 1. The van der Waals surface area contributed by atoms with Gasteiger partial charge in [0.25, 0.3) is 5.91 Å². The van der Waals surface area contributed by atoms with E-state index in [-0.39, 0.29) is 17.6 Å². The lowest BCUT2D eigenvalue weighted by molar-refractivity contribution is -0.121. The van der Waals surface area contributed by atoms with E-state index in [2.05, 4.69) is 26.6 Å². The van der Waals surface area contributed by atoms with Crippen molar-refractivity contribution in [1.29, 1.82) is 0 Å². The van der Waals surface area contributed by atoms with E-state index in [4.69, 9.17) is 40.2 Å². The Bertz CT molecular complexity index is 706. The van der Waals surface area contributed by atoms with Crippen molar-refractivity contribution in [3.8, 4) is 5.75 Å². The number of ether oxygens (including phenoxy) is 1. The normalized spacial score (nSPS) is 10.0. The van der Waals surface area contributed by atoms with Gasteiger partial charge in [-0.2, -0.15) is 0 Å². The summed E-state index contributed by atoms with van der Waals surface area (Å²) >= 11 is 20.2. The first kappa shape index (κ1) is 18.0. The monoisotopic (exact) mass is 432 g/mol. The minimum absolute atomic E-state index is 0.132. The molecule has 0 radical (unpaired) electrons. The Morgan fingerprint density at radius 1 is 1.13 bits per heavy atom. The molecule has 120 valence electrons. The Kier molecular flexibility index (Phi) is 6.65. The molecule has 23 heavy (non-hydrogen) atoms. The van der Waals surface area contributed by atoms with E-state index in [1.165, 1.54) is 0 Å². The average molecular weight is 434 g/mol. The summed E-state index contributed by atoms with van der Waals surface area (Å²) in [5.74, 6) is 0.211. The zero-order valence-electron chi connectivity index (χ0n) is 11.6. The molecule has 2 rings (SSSR count). The third-order valence-electron chi connectivity index (χ3n) is 2.56. The topological polar surface area (TPSA) is 50.4 Å². The van der Waals surface area contributed by atoms with Gasteiger partial charge in [0, 0.05) is 20.2 Å². The van der Waals surface area contributed by atoms with Gasteiger partial charge in [-0.1, -0.05) is 39.1 Å². The van der Waals surface area contributed by atoms with E-state index in [9.17, 15) is 4.79 Å². The molecule has 0 fully saturated rings. The van der Waals surface area contributed by atoms with E-state index in [0.717, 1.165) is 4.47 Å². The molecular weight excluding hydrogens is 423 g/mol. The molecular formula is C15H11BrCl2N2O2S. The lowest BCUT2D eigenvalue weighted by Gasteiger charge is -2.11. The zero-order valence-corrected chi connectivity index (χ0v) is 15.5. The number of thiocarbonyl (C=S) groups is 1. The predicted molar refractivity (Wildman–Crippen MR) is 100 cm³/mol. The van der Waals surface area contributed by atoms with Crippen LogP contribution in [0.2, 0.25) is 10.0 Å². The molecule has 0 aromatic heterocycles. The molecule has 0 aliphatic rings. The van der Waals surface area contributed by atoms with Crippen LogP contribution < -0.4 is 15.4 Å². The van der Waals surface area contributed by atoms with Crippen molar-refractivity contribution in [2.24, 2.45) is 0 Å². The molecule has 1 amide bonds. The number of hydrogen-bond donors (Lipinski definition) is 2. The first-order valence-corrected chi connectivity index (χ1v) is 8.33. The maximum atomic E-state index is 11.8. The van der Waals surface area contributed by atoms with Crippen LogP contribution in [0.5, 0.6) is 5.75 Å². The third-order valence-corrected chi connectivity index (χ3v) is 3.73. The van der Waals surface area contributed by atoms with E-state index in [1.807, 2.05) is 12.1 Å². The standard InChI is InChI=1S/C15H11BrCl2N2O2S/c16-9-1-3-13(4-2-9)22-8-14(21)20-15(23)19-12-6-10(17)5-11(18)7-12/h1-7H,8H2,(H2,19,20,21,23). The molecule has 2 N–H and O–H groups in total.